The quantitative estimate of drug-likeness (QED) is 0.365. The van der Waals surface area contributed by atoms with Gasteiger partial charge >= 0.3 is 0 Å². The summed E-state index contributed by atoms with van der Waals surface area (Å²) in [5.74, 6) is 2.20. The number of methoxy groups -OCH3 is 2. The van der Waals surface area contributed by atoms with E-state index in [1.165, 1.54) is 11.3 Å². The summed E-state index contributed by atoms with van der Waals surface area (Å²) in [6, 6.07) is 13.5. The third-order valence-corrected chi connectivity index (χ3v) is 4.49. The van der Waals surface area contributed by atoms with Gasteiger partial charge in [0.05, 0.1) is 32.7 Å². The fraction of sp³-hybridized carbons (Fsp3) is 0.200. The summed E-state index contributed by atoms with van der Waals surface area (Å²) in [6.45, 7) is 2.62. The van der Waals surface area contributed by atoms with Crippen LogP contribution in [0.1, 0.15) is 12.5 Å². The molecular weight excluding hydrogens is 442 g/mol. The molecule has 1 heterocycles. The number of ether oxygens (including phenoxy) is 3. The summed E-state index contributed by atoms with van der Waals surface area (Å²) in [6.07, 6.45) is 1.71. The molecule has 0 bridgehead atoms. The van der Waals surface area contributed by atoms with Crippen LogP contribution in [0.4, 0.5) is 5.13 Å². The molecule has 1 aromatic heterocycles. The van der Waals surface area contributed by atoms with Crippen molar-refractivity contribution in [1.29, 1.82) is 0 Å². The average molecular weight is 464 g/mol. The highest BCUT2D eigenvalue weighted by atomic mass is 79.9. The van der Waals surface area contributed by atoms with Crippen molar-refractivity contribution in [2.45, 2.75) is 6.92 Å². The minimum absolute atomic E-state index is 0. The van der Waals surface area contributed by atoms with Gasteiger partial charge in [-0.25, -0.2) is 4.98 Å². The van der Waals surface area contributed by atoms with Crippen molar-refractivity contribution in [1.82, 2.24) is 4.98 Å². The molecule has 0 aliphatic heterocycles. The van der Waals surface area contributed by atoms with Gasteiger partial charge in [0.2, 0.25) is 5.13 Å². The Balaban J connectivity index is 0.00000280. The van der Waals surface area contributed by atoms with Crippen molar-refractivity contribution in [2.24, 2.45) is 5.10 Å². The average Bonchev–Trinajstić information content (AvgIpc) is 3.17. The first-order valence-electron chi connectivity index (χ1n) is 8.43. The largest absolute Gasteiger partial charge is 0.494 e. The van der Waals surface area contributed by atoms with E-state index in [0.29, 0.717) is 18.1 Å². The smallest absolute Gasteiger partial charge is 0.203 e. The number of thiazole rings is 1. The number of nitrogens with zero attached hydrogens (tertiary/aromatic N) is 2. The van der Waals surface area contributed by atoms with Crippen LogP contribution < -0.4 is 19.6 Å². The fourth-order valence-electron chi connectivity index (χ4n) is 2.44. The molecule has 148 valence electrons. The van der Waals surface area contributed by atoms with E-state index in [1.54, 1.807) is 20.4 Å². The van der Waals surface area contributed by atoms with E-state index < -0.39 is 0 Å². The molecule has 2 aromatic carbocycles. The number of hydrogen-bond donors (Lipinski definition) is 1. The van der Waals surface area contributed by atoms with Gasteiger partial charge in [-0.2, -0.15) is 5.10 Å². The maximum atomic E-state index is 5.46. The van der Waals surface area contributed by atoms with Gasteiger partial charge in [-0.3, -0.25) is 5.43 Å². The molecule has 0 unspecified atom stereocenters. The summed E-state index contributed by atoms with van der Waals surface area (Å²) >= 11 is 1.50. The van der Waals surface area contributed by atoms with E-state index in [9.17, 15) is 0 Å². The molecule has 0 amide bonds. The second-order valence-electron chi connectivity index (χ2n) is 5.48. The number of hydrazone groups is 1. The maximum absolute atomic E-state index is 5.46. The summed E-state index contributed by atoms with van der Waals surface area (Å²) < 4.78 is 16.0. The number of rotatable bonds is 8. The number of aromatic nitrogens is 1. The molecule has 0 radical (unpaired) electrons. The van der Waals surface area contributed by atoms with Crippen molar-refractivity contribution < 1.29 is 14.2 Å². The zero-order valence-electron chi connectivity index (χ0n) is 15.8. The van der Waals surface area contributed by atoms with E-state index in [4.69, 9.17) is 14.2 Å². The van der Waals surface area contributed by atoms with E-state index in [1.807, 2.05) is 54.8 Å². The van der Waals surface area contributed by atoms with Crippen LogP contribution in [0.25, 0.3) is 11.3 Å². The minimum Gasteiger partial charge on any atom is -0.494 e. The number of hydrogen-bond acceptors (Lipinski definition) is 7. The Hall–Kier alpha value is -2.58. The Morgan fingerprint density at radius 2 is 1.82 bits per heavy atom. The fourth-order valence-corrected chi connectivity index (χ4v) is 3.11. The van der Waals surface area contributed by atoms with Crippen molar-refractivity contribution in [3.05, 3.63) is 53.4 Å². The highest BCUT2D eigenvalue weighted by molar-refractivity contribution is 8.93. The molecule has 6 nitrogen and oxygen atoms in total. The highest BCUT2D eigenvalue weighted by Crippen LogP contribution is 2.28. The van der Waals surface area contributed by atoms with Crippen molar-refractivity contribution >= 4 is 39.7 Å². The van der Waals surface area contributed by atoms with Gasteiger partial charge in [0.1, 0.15) is 5.75 Å². The lowest BCUT2D eigenvalue weighted by Gasteiger charge is -2.07. The summed E-state index contributed by atoms with van der Waals surface area (Å²) in [7, 11) is 3.21. The molecule has 3 aromatic rings. The molecular formula is C20H22BrN3O3S. The molecule has 0 saturated carbocycles. The van der Waals surface area contributed by atoms with Gasteiger partial charge in [-0.05, 0) is 55.0 Å². The first-order valence-corrected chi connectivity index (χ1v) is 9.31. The normalized spacial score (nSPS) is 10.4. The molecule has 28 heavy (non-hydrogen) atoms. The van der Waals surface area contributed by atoms with Gasteiger partial charge in [-0.15, -0.1) is 28.3 Å². The molecule has 0 fully saturated rings. The van der Waals surface area contributed by atoms with Crippen molar-refractivity contribution in [2.75, 3.05) is 26.3 Å². The van der Waals surface area contributed by atoms with Gasteiger partial charge in [0.25, 0.3) is 0 Å². The lowest BCUT2D eigenvalue weighted by Crippen LogP contribution is -1.94. The summed E-state index contributed by atoms with van der Waals surface area (Å²) in [5.41, 5.74) is 5.78. The third-order valence-electron chi connectivity index (χ3n) is 3.75. The standard InChI is InChI=1S/C20H21N3O3S.BrH/c1-4-26-16-8-6-15(7-9-16)17-13-27-20(22-17)23-21-12-14-5-10-18(24-2)19(11-14)25-3;/h5-13H,4H2,1-3H3,(H,22,23);1H/b21-12+;. The first-order chi connectivity index (χ1) is 13.2. The molecule has 0 spiro atoms. The van der Waals surface area contributed by atoms with Crippen LogP contribution in [0.3, 0.4) is 0 Å². The van der Waals surface area contributed by atoms with Crippen molar-refractivity contribution in [3.63, 3.8) is 0 Å². The Labute approximate surface area is 178 Å². The number of benzene rings is 2. The summed E-state index contributed by atoms with van der Waals surface area (Å²) in [5, 5.41) is 6.95. The molecule has 0 aliphatic carbocycles. The Morgan fingerprint density at radius 3 is 2.50 bits per heavy atom. The zero-order chi connectivity index (χ0) is 19.1. The lowest BCUT2D eigenvalue weighted by atomic mass is 10.2. The SMILES string of the molecule is Br.CCOc1ccc(-c2csc(N/N=C/c3ccc(OC)c(OC)c3)n2)cc1. The van der Waals surface area contributed by atoms with E-state index in [-0.39, 0.29) is 17.0 Å². The van der Waals surface area contributed by atoms with Crippen LogP contribution in [0.15, 0.2) is 52.9 Å². The summed E-state index contributed by atoms with van der Waals surface area (Å²) in [4.78, 5) is 4.56. The number of halogens is 1. The molecule has 0 atom stereocenters. The Morgan fingerprint density at radius 1 is 1.07 bits per heavy atom. The van der Waals surface area contributed by atoms with Gasteiger partial charge in [-0.1, -0.05) is 0 Å². The molecule has 1 N–H and O–H groups in total. The number of nitrogens with one attached hydrogen (secondary N) is 1. The van der Waals surface area contributed by atoms with E-state index in [2.05, 4.69) is 15.5 Å². The number of anilines is 1. The highest BCUT2D eigenvalue weighted by Gasteiger charge is 2.05. The topological polar surface area (TPSA) is 65.0 Å². The lowest BCUT2D eigenvalue weighted by molar-refractivity contribution is 0.340. The van der Waals surface area contributed by atoms with Gasteiger partial charge < -0.3 is 14.2 Å². The van der Waals surface area contributed by atoms with Gasteiger partial charge in [0, 0.05) is 10.9 Å². The monoisotopic (exact) mass is 463 g/mol. The second kappa shape index (κ2) is 10.7. The second-order valence-corrected chi connectivity index (χ2v) is 6.34. The van der Waals surface area contributed by atoms with Crippen LogP contribution in [0.2, 0.25) is 0 Å². The maximum Gasteiger partial charge on any atom is 0.203 e. The predicted octanol–water partition coefficient (Wildman–Crippen LogP) is 5.25. The van der Waals surface area contributed by atoms with E-state index in [0.717, 1.165) is 27.7 Å². The van der Waals surface area contributed by atoms with Crippen LogP contribution in [-0.2, 0) is 0 Å². The minimum atomic E-state index is 0. The molecule has 8 heteroatoms. The van der Waals surface area contributed by atoms with Crippen LogP contribution >= 0.6 is 28.3 Å². The molecule has 3 rings (SSSR count). The zero-order valence-corrected chi connectivity index (χ0v) is 18.4. The predicted molar refractivity (Wildman–Crippen MR) is 120 cm³/mol. The third kappa shape index (κ3) is 5.46. The molecule has 0 aliphatic rings. The van der Waals surface area contributed by atoms with Crippen LogP contribution in [0.5, 0.6) is 17.2 Å². The first kappa shape index (κ1) is 21.7. The van der Waals surface area contributed by atoms with Crippen LogP contribution in [0, 0.1) is 0 Å². The van der Waals surface area contributed by atoms with E-state index >= 15 is 0 Å². The Kier molecular flexibility index (Phi) is 8.28. The molecule has 0 saturated heterocycles. The van der Waals surface area contributed by atoms with Crippen LogP contribution in [-0.4, -0.2) is 32.0 Å². The van der Waals surface area contributed by atoms with Crippen molar-refractivity contribution in [3.8, 4) is 28.5 Å². The Bertz CT molecular complexity index is 913. The van der Waals surface area contributed by atoms with Gasteiger partial charge in [0.15, 0.2) is 11.5 Å².